The maximum Gasteiger partial charge on any atom is 0.136 e. The third kappa shape index (κ3) is 4.69. The maximum atomic E-state index is 6.31. The van der Waals surface area contributed by atoms with Crippen LogP contribution in [0.5, 0.6) is 0 Å². The first-order chi connectivity index (χ1) is 28.5. The van der Waals surface area contributed by atoms with Gasteiger partial charge in [0.2, 0.25) is 0 Å². The van der Waals surface area contributed by atoms with Crippen LogP contribution in [0.15, 0.2) is 168 Å². The van der Waals surface area contributed by atoms with Crippen LogP contribution in [0.4, 0.5) is 17.1 Å². The lowest BCUT2D eigenvalue weighted by Crippen LogP contribution is -2.19. The first-order valence-electron chi connectivity index (χ1n) is 21.0. The fourth-order valence-corrected chi connectivity index (χ4v) is 11.1. The molecule has 1 aromatic heterocycles. The lowest BCUT2D eigenvalue weighted by atomic mass is 9.81. The van der Waals surface area contributed by atoms with E-state index in [4.69, 9.17) is 4.42 Å². The molecule has 0 atom stereocenters. The van der Waals surface area contributed by atoms with Crippen LogP contribution in [-0.2, 0) is 16.2 Å². The zero-order valence-corrected chi connectivity index (χ0v) is 34.4. The summed E-state index contributed by atoms with van der Waals surface area (Å²) in [6, 6.07) is 61.3. The van der Waals surface area contributed by atoms with E-state index in [0.717, 1.165) is 21.9 Å². The van der Waals surface area contributed by atoms with Crippen LogP contribution in [0.1, 0.15) is 74.9 Å². The van der Waals surface area contributed by atoms with E-state index in [9.17, 15) is 0 Å². The molecule has 0 unspecified atom stereocenters. The van der Waals surface area contributed by atoms with Gasteiger partial charge in [0.15, 0.2) is 0 Å². The first kappa shape index (κ1) is 34.4. The van der Waals surface area contributed by atoms with Crippen LogP contribution in [0.25, 0.3) is 66.4 Å². The summed E-state index contributed by atoms with van der Waals surface area (Å²) in [6.45, 7) is 14.3. The molecule has 0 fully saturated rings. The van der Waals surface area contributed by atoms with Gasteiger partial charge in [0.25, 0.3) is 0 Å². The summed E-state index contributed by atoms with van der Waals surface area (Å²) >= 11 is 0. The van der Waals surface area contributed by atoms with Gasteiger partial charge in [-0.1, -0.05) is 145 Å². The molecule has 8 aromatic carbocycles. The lowest BCUT2D eigenvalue weighted by Gasteiger charge is -2.31. The van der Waals surface area contributed by atoms with Gasteiger partial charge in [0.05, 0.1) is 0 Å². The first-order valence-corrected chi connectivity index (χ1v) is 21.0. The molecule has 3 aliphatic carbocycles. The van der Waals surface area contributed by atoms with Crippen molar-refractivity contribution in [2.45, 2.75) is 57.8 Å². The molecule has 12 rings (SSSR count). The van der Waals surface area contributed by atoms with Crippen LogP contribution < -0.4 is 4.90 Å². The van der Waals surface area contributed by atoms with Crippen LogP contribution in [0.2, 0.25) is 0 Å². The molecule has 0 saturated heterocycles. The molecule has 0 bridgehead atoms. The lowest BCUT2D eigenvalue weighted by molar-refractivity contribution is 0.659. The Morgan fingerprint density at radius 2 is 0.712 bits per heavy atom. The predicted octanol–water partition coefficient (Wildman–Crippen LogP) is 15.6. The highest BCUT2D eigenvalue weighted by molar-refractivity contribution is 6.06. The highest BCUT2D eigenvalue weighted by Crippen LogP contribution is 2.55. The second-order valence-corrected chi connectivity index (χ2v) is 18.6. The topological polar surface area (TPSA) is 16.4 Å². The molecule has 0 radical (unpaired) electrons. The van der Waals surface area contributed by atoms with Crippen LogP contribution in [0.3, 0.4) is 0 Å². The van der Waals surface area contributed by atoms with Gasteiger partial charge in [0, 0.05) is 44.1 Å². The molecule has 0 saturated carbocycles. The molecule has 1 heterocycles. The Kier molecular flexibility index (Phi) is 6.84. The molecule has 0 spiro atoms. The van der Waals surface area contributed by atoms with Gasteiger partial charge in [0.1, 0.15) is 11.2 Å². The molecule has 9 aromatic rings. The van der Waals surface area contributed by atoms with Crippen molar-refractivity contribution in [1.82, 2.24) is 0 Å². The van der Waals surface area contributed by atoms with Crippen LogP contribution in [0, 0.1) is 0 Å². The number of benzene rings is 8. The zero-order chi connectivity index (χ0) is 40.0. The normalized spacial score (nSPS) is 15.7. The summed E-state index contributed by atoms with van der Waals surface area (Å²) in [4.78, 5) is 2.51. The molecule has 0 aliphatic heterocycles. The van der Waals surface area contributed by atoms with E-state index in [-0.39, 0.29) is 16.2 Å². The predicted molar refractivity (Wildman–Crippen MR) is 247 cm³/mol. The van der Waals surface area contributed by atoms with Crippen LogP contribution in [-0.4, -0.2) is 0 Å². The van der Waals surface area contributed by atoms with E-state index in [1.807, 2.05) is 12.1 Å². The Balaban J connectivity index is 0.994. The summed E-state index contributed by atoms with van der Waals surface area (Å²) in [7, 11) is 0. The van der Waals surface area contributed by atoms with Gasteiger partial charge >= 0.3 is 0 Å². The minimum absolute atomic E-state index is 0.108. The van der Waals surface area contributed by atoms with E-state index < -0.39 is 0 Å². The number of fused-ring (bicyclic) bond motifs is 12. The van der Waals surface area contributed by atoms with Gasteiger partial charge in [-0.15, -0.1) is 0 Å². The van der Waals surface area contributed by atoms with Crippen molar-refractivity contribution in [3.05, 3.63) is 197 Å². The molecule has 284 valence electrons. The standard InChI is InChI=1S/C57H45NO/c1-55(2)47-16-10-7-13-39(47)42-26-21-36(31-50(42)55)58(37-22-27-43-40-14-8-11-17-48(40)56(3,4)51(43)32-37)38-23-28-44-41-24-19-34(29-49(41)57(5,6)52(44)33-38)35-20-25-46-45-15-9-12-18-53(45)59-54(46)30-35/h7-33H,1-6H3. The minimum atomic E-state index is -0.213. The largest absolute Gasteiger partial charge is 0.456 e. The number of anilines is 3. The fourth-order valence-electron chi connectivity index (χ4n) is 11.1. The van der Waals surface area contributed by atoms with Crippen molar-refractivity contribution >= 4 is 39.0 Å². The SMILES string of the molecule is CC1(C)c2ccccc2-c2ccc(N(c3ccc4c(c3)C(C)(C)c3ccccc3-4)c3ccc4c(c3)C(C)(C)c3cc(-c5ccc6c(c5)oc5ccccc56)ccc3-4)cc21. The third-order valence-electron chi connectivity index (χ3n) is 14.3. The van der Waals surface area contributed by atoms with E-state index in [1.165, 1.54) is 95.0 Å². The molecule has 3 aliphatic rings. The van der Waals surface area contributed by atoms with E-state index in [2.05, 4.69) is 198 Å². The maximum absolute atomic E-state index is 6.31. The Bertz CT molecular complexity index is 3160. The number of nitrogens with zero attached hydrogens (tertiary/aromatic N) is 1. The van der Waals surface area contributed by atoms with Crippen molar-refractivity contribution in [2.24, 2.45) is 0 Å². The van der Waals surface area contributed by atoms with E-state index >= 15 is 0 Å². The summed E-state index contributed by atoms with van der Waals surface area (Å²) < 4.78 is 6.31. The van der Waals surface area contributed by atoms with Crippen molar-refractivity contribution in [1.29, 1.82) is 0 Å². The van der Waals surface area contributed by atoms with Gasteiger partial charge < -0.3 is 9.32 Å². The quantitative estimate of drug-likeness (QED) is 0.178. The smallest absolute Gasteiger partial charge is 0.136 e. The fraction of sp³-hybridized carbons (Fsp3) is 0.158. The monoisotopic (exact) mass is 759 g/mol. The molecule has 59 heavy (non-hydrogen) atoms. The highest BCUT2D eigenvalue weighted by Gasteiger charge is 2.39. The van der Waals surface area contributed by atoms with Crippen molar-refractivity contribution in [2.75, 3.05) is 4.90 Å². The van der Waals surface area contributed by atoms with Crippen LogP contribution >= 0.6 is 0 Å². The molecule has 0 amide bonds. The number of rotatable bonds is 4. The average Bonchev–Trinajstić information content (AvgIpc) is 3.89. The summed E-state index contributed by atoms with van der Waals surface area (Å²) in [5, 5.41) is 2.31. The Labute approximate surface area is 346 Å². The van der Waals surface area contributed by atoms with Gasteiger partial charge in [-0.25, -0.2) is 0 Å². The van der Waals surface area contributed by atoms with Gasteiger partial charge in [-0.3, -0.25) is 0 Å². The van der Waals surface area contributed by atoms with Gasteiger partial charge in [-0.2, -0.15) is 0 Å². The summed E-state index contributed by atoms with van der Waals surface area (Å²) in [6.07, 6.45) is 0. The number of furan rings is 1. The number of hydrogen-bond donors (Lipinski definition) is 0. The Morgan fingerprint density at radius 3 is 1.27 bits per heavy atom. The third-order valence-corrected chi connectivity index (χ3v) is 14.3. The molecule has 0 N–H and O–H groups in total. The Morgan fingerprint density at radius 1 is 0.322 bits per heavy atom. The Hall–Kier alpha value is -6.64. The number of hydrogen-bond acceptors (Lipinski definition) is 2. The minimum Gasteiger partial charge on any atom is -0.456 e. The van der Waals surface area contributed by atoms with E-state index in [0.29, 0.717) is 0 Å². The summed E-state index contributed by atoms with van der Waals surface area (Å²) in [5.74, 6) is 0. The molecular formula is C57H45NO. The van der Waals surface area contributed by atoms with E-state index in [1.54, 1.807) is 0 Å². The van der Waals surface area contributed by atoms with Gasteiger partial charge in [-0.05, 0) is 139 Å². The molecular weight excluding hydrogens is 715 g/mol. The molecule has 2 nitrogen and oxygen atoms in total. The zero-order valence-electron chi connectivity index (χ0n) is 34.4. The molecule has 2 heteroatoms. The summed E-state index contributed by atoms with van der Waals surface area (Å²) in [5.41, 5.74) is 23.5. The second-order valence-electron chi connectivity index (χ2n) is 18.6. The second kappa shape index (κ2) is 11.7. The van der Waals surface area contributed by atoms with Crippen molar-refractivity contribution in [3.8, 4) is 44.5 Å². The average molecular weight is 760 g/mol. The van der Waals surface area contributed by atoms with Crippen molar-refractivity contribution < 1.29 is 4.42 Å². The number of para-hydroxylation sites is 1. The van der Waals surface area contributed by atoms with Crippen molar-refractivity contribution in [3.63, 3.8) is 0 Å². The highest BCUT2D eigenvalue weighted by atomic mass is 16.3.